The van der Waals surface area contributed by atoms with Gasteiger partial charge < -0.3 is 14.8 Å². The Morgan fingerprint density at radius 3 is 2.79 bits per heavy atom. The maximum atomic E-state index is 12.4. The van der Waals surface area contributed by atoms with Gasteiger partial charge in [0, 0.05) is 34.8 Å². The number of fused-ring (bicyclic) bond motifs is 1. The normalized spacial score (nSPS) is 12.3. The third-order valence-corrected chi connectivity index (χ3v) is 5.37. The number of para-hydroxylation sites is 1. The number of methoxy groups -OCH3 is 1. The molecule has 4 aromatic rings. The number of halogens is 1. The van der Waals surface area contributed by atoms with Crippen LogP contribution in [0.3, 0.4) is 0 Å². The molecule has 0 radical (unpaired) electrons. The van der Waals surface area contributed by atoms with E-state index in [-0.39, 0.29) is 17.7 Å². The molecule has 0 aliphatic carbocycles. The van der Waals surface area contributed by atoms with Gasteiger partial charge in [0.2, 0.25) is 5.88 Å². The van der Waals surface area contributed by atoms with Crippen LogP contribution in [0.25, 0.3) is 16.6 Å². The first-order chi connectivity index (χ1) is 15.9. The van der Waals surface area contributed by atoms with Crippen LogP contribution in [0, 0.1) is 0 Å². The highest BCUT2D eigenvalue weighted by atomic mass is 35.5. The minimum Gasteiger partial charge on any atom is -0.493 e. The van der Waals surface area contributed by atoms with Gasteiger partial charge in [-0.2, -0.15) is 0 Å². The number of carbonyl (C=O) groups is 1. The summed E-state index contributed by atoms with van der Waals surface area (Å²) in [7, 11) is 1.24. The summed E-state index contributed by atoms with van der Waals surface area (Å²) in [5.74, 6) is -1.25. The van der Waals surface area contributed by atoms with Crippen molar-refractivity contribution in [2.24, 2.45) is 4.99 Å². The van der Waals surface area contributed by atoms with Crippen molar-refractivity contribution in [1.29, 1.82) is 0 Å². The summed E-state index contributed by atoms with van der Waals surface area (Å²) in [4.78, 5) is 46.6. The summed E-state index contributed by atoms with van der Waals surface area (Å²) >= 11 is 5.98. The first-order valence-electron chi connectivity index (χ1n) is 9.89. The number of aromatic amines is 2. The summed E-state index contributed by atoms with van der Waals surface area (Å²) in [5, 5.41) is 12.0. The molecule has 168 valence electrons. The zero-order valence-electron chi connectivity index (χ0n) is 17.4. The predicted molar refractivity (Wildman–Crippen MR) is 125 cm³/mol. The number of benzene rings is 2. The highest BCUT2D eigenvalue weighted by molar-refractivity contribution is 6.30. The van der Waals surface area contributed by atoms with Crippen molar-refractivity contribution in [2.45, 2.75) is 12.5 Å². The fourth-order valence-electron chi connectivity index (χ4n) is 3.52. The summed E-state index contributed by atoms with van der Waals surface area (Å²) in [6, 6.07) is 12.8. The fraction of sp³-hybridized carbons (Fsp3) is 0.130. The van der Waals surface area contributed by atoms with Gasteiger partial charge in [-0.3, -0.25) is 14.8 Å². The maximum absolute atomic E-state index is 12.4. The van der Waals surface area contributed by atoms with Crippen LogP contribution in [0.2, 0.25) is 5.02 Å². The van der Waals surface area contributed by atoms with Gasteiger partial charge in [0.25, 0.3) is 5.56 Å². The van der Waals surface area contributed by atoms with Crippen molar-refractivity contribution in [3.05, 3.63) is 91.7 Å². The third kappa shape index (κ3) is 4.44. The standard InChI is InChI=1S/C23H19ClN4O5/c1-33-22(31)19(9-13-11-25-18-8-3-2-7-16(13)18)26-12-17-20(29)27-23(32)28(21(17)30)15-6-4-5-14(24)10-15/h2-8,10-12,19,25,30H,9H2,1H3,(H,27,29,32)/t19-/m1/s1. The molecule has 0 spiro atoms. The Labute approximate surface area is 192 Å². The quantitative estimate of drug-likeness (QED) is 0.297. The number of nitrogens with one attached hydrogen (secondary N) is 2. The number of aromatic hydroxyl groups is 1. The molecule has 2 aromatic carbocycles. The van der Waals surface area contributed by atoms with Gasteiger partial charge in [-0.25, -0.2) is 14.2 Å². The summed E-state index contributed by atoms with van der Waals surface area (Å²) in [5.41, 5.74) is 0.0000394. The minimum atomic E-state index is -0.987. The van der Waals surface area contributed by atoms with Crippen molar-refractivity contribution in [2.75, 3.05) is 7.11 Å². The van der Waals surface area contributed by atoms with Crippen molar-refractivity contribution in [3.8, 4) is 11.6 Å². The second-order valence-electron chi connectivity index (χ2n) is 7.19. The highest BCUT2D eigenvalue weighted by Gasteiger charge is 2.21. The number of aliphatic imine (C=N–C) groups is 1. The lowest BCUT2D eigenvalue weighted by Gasteiger charge is -2.11. The van der Waals surface area contributed by atoms with Crippen LogP contribution < -0.4 is 11.2 Å². The van der Waals surface area contributed by atoms with Gasteiger partial charge in [-0.15, -0.1) is 0 Å². The van der Waals surface area contributed by atoms with E-state index < -0.39 is 29.1 Å². The van der Waals surface area contributed by atoms with Gasteiger partial charge in [0.1, 0.15) is 5.56 Å². The molecule has 33 heavy (non-hydrogen) atoms. The minimum absolute atomic E-state index is 0.194. The molecule has 2 heterocycles. The van der Waals surface area contributed by atoms with Crippen LogP contribution in [0.1, 0.15) is 11.1 Å². The molecule has 3 N–H and O–H groups in total. The summed E-state index contributed by atoms with van der Waals surface area (Å²) in [6.07, 6.45) is 3.03. The van der Waals surface area contributed by atoms with Gasteiger partial charge in [0.05, 0.1) is 12.8 Å². The molecular formula is C23H19ClN4O5. The van der Waals surface area contributed by atoms with E-state index in [1.165, 1.54) is 13.2 Å². The highest BCUT2D eigenvalue weighted by Crippen LogP contribution is 2.21. The molecule has 2 aromatic heterocycles. The number of rotatable bonds is 6. The van der Waals surface area contributed by atoms with E-state index in [1.807, 2.05) is 24.3 Å². The molecule has 4 rings (SSSR count). The SMILES string of the molecule is COC(=O)[C@@H](Cc1c[nH]c2ccccc12)N=Cc1c(O)n(-c2cccc(Cl)c2)c(=O)[nH]c1=O. The van der Waals surface area contributed by atoms with Crippen molar-refractivity contribution < 1.29 is 14.6 Å². The maximum Gasteiger partial charge on any atom is 0.335 e. The smallest absolute Gasteiger partial charge is 0.335 e. The van der Waals surface area contributed by atoms with E-state index in [4.69, 9.17) is 16.3 Å². The van der Waals surface area contributed by atoms with E-state index in [2.05, 4.69) is 15.0 Å². The van der Waals surface area contributed by atoms with E-state index in [0.29, 0.717) is 5.02 Å². The largest absolute Gasteiger partial charge is 0.493 e. The monoisotopic (exact) mass is 466 g/mol. The molecule has 0 fully saturated rings. The fourth-order valence-corrected chi connectivity index (χ4v) is 3.70. The number of H-pyrrole nitrogens is 2. The number of aromatic nitrogens is 3. The van der Waals surface area contributed by atoms with Crippen LogP contribution >= 0.6 is 11.6 Å². The van der Waals surface area contributed by atoms with Gasteiger partial charge in [0.15, 0.2) is 6.04 Å². The summed E-state index contributed by atoms with van der Waals surface area (Å²) < 4.78 is 5.76. The van der Waals surface area contributed by atoms with Crippen LogP contribution in [-0.2, 0) is 16.0 Å². The number of nitrogens with zero attached hydrogens (tertiary/aromatic N) is 2. The molecule has 0 saturated carbocycles. The van der Waals surface area contributed by atoms with Crippen LogP contribution in [0.15, 0.2) is 69.3 Å². The van der Waals surface area contributed by atoms with Crippen molar-refractivity contribution in [3.63, 3.8) is 0 Å². The average Bonchev–Trinajstić information content (AvgIpc) is 3.20. The number of hydrogen-bond acceptors (Lipinski definition) is 6. The molecule has 1 atom stereocenters. The lowest BCUT2D eigenvalue weighted by Crippen LogP contribution is -2.31. The molecule has 9 nitrogen and oxygen atoms in total. The zero-order valence-corrected chi connectivity index (χ0v) is 18.2. The predicted octanol–water partition coefficient (Wildman–Crippen LogP) is 2.57. The van der Waals surface area contributed by atoms with Crippen LogP contribution in [0.5, 0.6) is 5.88 Å². The molecule has 0 aliphatic heterocycles. The molecule has 0 bridgehead atoms. The molecule has 0 aliphatic rings. The Morgan fingerprint density at radius 2 is 2.03 bits per heavy atom. The second-order valence-corrected chi connectivity index (χ2v) is 7.63. The first kappa shape index (κ1) is 22.1. The number of hydrogen-bond donors (Lipinski definition) is 3. The third-order valence-electron chi connectivity index (χ3n) is 5.13. The number of carbonyl (C=O) groups excluding carboxylic acids is 1. The average molecular weight is 467 g/mol. The van der Waals surface area contributed by atoms with Crippen molar-refractivity contribution in [1.82, 2.24) is 14.5 Å². The van der Waals surface area contributed by atoms with Gasteiger partial charge in [-0.1, -0.05) is 35.9 Å². The Morgan fingerprint density at radius 1 is 1.24 bits per heavy atom. The van der Waals surface area contributed by atoms with Crippen LogP contribution in [0.4, 0.5) is 0 Å². The molecule has 0 saturated heterocycles. The second kappa shape index (κ2) is 9.17. The lowest BCUT2D eigenvalue weighted by molar-refractivity contribution is -0.142. The van der Waals surface area contributed by atoms with Gasteiger partial charge in [-0.05, 0) is 29.8 Å². The van der Waals surface area contributed by atoms with Gasteiger partial charge >= 0.3 is 11.7 Å². The Hall–Kier alpha value is -4.11. The topological polar surface area (TPSA) is 130 Å². The molecule has 0 unspecified atom stereocenters. The van der Waals surface area contributed by atoms with E-state index in [1.54, 1.807) is 24.4 Å². The number of ether oxygens (including phenoxy) is 1. The Kier molecular flexibility index (Phi) is 6.14. The van der Waals surface area contributed by atoms with Crippen LogP contribution in [-0.4, -0.2) is 45.0 Å². The Balaban J connectivity index is 1.73. The van der Waals surface area contributed by atoms with E-state index in [0.717, 1.165) is 27.2 Å². The zero-order chi connectivity index (χ0) is 23.5. The molecule has 0 amide bonds. The molecular weight excluding hydrogens is 448 g/mol. The van der Waals surface area contributed by atoms with E-state index in [9.17, 15) is 19.5 Å². The Bertz CT molecular complexity index is 1480. The lowest BCUT2D eigenvalue weighted by atomic mass is 10.1. The van der Waals surface area contributed by atoms with E-state index >= 15 is 0 Å². The van der Waals surface area contributed by atoms with Crippen molar-refractivity contribution >= 4 is 34.7 Å². The first-order valence-corrected chi connectivity index (χ1v) is 10.3. The summed E-state index contributed by atoms with van der Waals surface area (Å²) in [6.45, 7) is 0. The molecule has 10 heteroatoms. The number of esters is 1.